The lowest BCUT2D eigenvalue weighted by Gasteiger charge is -2.28. The van der Waals surface area contributed by atoms with Crippen LogP contribution in [0.4, 0.5) is 0 Å². The van der Waals surface area contributed by atoms with E-state index >= 15 is 0 Å². The lowest BCUT2D eigenvalue weighted by molar-refractivity contribution is -0.104. The van der Waals surface area contributed by atoms with Gasteiger partial charge in [0, 0.05) is 13.2 Å². The molecule has 3 aromatic rings. The van der Waals surface area contributed by atoms with Crippen molar-refractivity contribution in [1.29, 1.82) is 0 Å². The molecule has 3 rings (SSSR count). The highest BCUT2D eigenvalue weighted by Gasteiger charge is 2.31. The van der Waals surface area contributed by atoms with E-state index in [9.17, 15) is 9.59 Å². The molecule has 0 unspecified atom stereocenters. The second-order valence-electron chi connectivity index (χ2n) is 6.08. The van der Waals surface area contributed by atoms with Crippen LogP contribution in [0.1, 0.15) is 26.7 Å². The van der Waals surface area contributed by atoms with Crippen molar-refractivity contribution in [2.24, 2.45) is 0 Å². The second-order valence-corrected chi connectivity index (χ2v) is 6.08. The Morgan fingerprint density at radius 2 is 1.59 bits per heavy atom. The van der Waals surface area contributed by atoms with Crippen molar-refractivity contribution in [2.75, 3.05) is 21.3 Å². The Balaban J connectivity index is 2.44. The van der Waals surface area contributed by atoms with E-state index in [2.05, 4.69) is 15.2 Å². The van der Waals surface area contributed by atoms with Crippen molar-refractivity contribution in [3.8, 4) is 11.5 Å². The molecule has 0 spiro atoms. The maximum atomic E-state index is 13.1. The van der Waals surface area contributed by atoms with Gasteiger partial charge in [0.15, 0.2) is 28.3 Å². The number of rotatable bonds is 6. The van der Waals surface area contributed by atoms with Crippen LogP contribution in [0.2, 0.25) is 0 Å². The van der Waals surface area contributed by atoms with Gasteiger partial charge in [-0.2, -0.15) is 4.80 Å². The summed E-state index contributed by atoms with van der Waals surface area (Å²) in [6.07, 6.45) is 1.15. The van der Waals surface area contributed by atoms with Crippen molar-refractivity contribution >= 4 is 21.9 Å². The lowest BCUT2D eigenvalue weighted by Crippen LogP contribution is -2.36. The first kappa shape index (κ1) is 18.8. The molecule has 0 fully saturated rings. The van der Waals surface area contributed by atoms with E-state index in [1.165, 1.54) is 25.1 Å². The van der Waals surface area contributed by atoms with E-state index in [1.54, 1.807) is 13.2 Å². The largest absolute Gasteiger partial charge is 0.493 e. The number of aromatic amines is 1. The number of hydrogen-bond acceptors (Lipinski definition) is 7. The monoisotopic (exact) mass is 374 g/mol. The van der Waals surface area contributed by atoms with E-state index < -0.39 is 16.7 Å². The van der Waals surface area contributed by atoms with Gasteiger partial charge in [0.05, 0.1) is 25.1 Å². The van der Waals surface area contributed by atoms with Crippen LogP contribution in [0, 0.1) is 0 Å². The van der Waals surface area contributed by atoms with Gasteiger partial charge < -0.3 is 19.2 Å². The Bertz CT molecular complexity index is 1110. The lowest BCUT2D eigenvalue weighted by atomic mass is 10.1. The van der Waals surface area contributed by atoms with Crippen LogP contribution in [-0.2, 0) is 10.5 Å². The minimum absolute atomic E-state index is 0.0261. The number of nitrogens with one attached hydrogen (secondary N) is 1. The fourth-order valence-electron chi connectivity index (χ4n) is 3.18. The van der Waals surface area contributed by atoms with Crippen LogP contribution in [0.5, 0.6) is 11.5 Å². The number of benzene rings is 1. The Morgan fingerprint density at radius 1 is 1.00 bits per heavy atom. The van der Waals surface area contributed by atoms with Gasteiger partial charge in [0.1, 0.15) is 0 Å². The molecule has 1 N–H and O–H groups in total. The number of H-pyrrole nitrogens is 1. The Morgan fingerprint density at radius 3 is 2.15 bits per heavy atom. The number of hydrogen-bond donors (Lipinski definition) is 1. The van der Waals surface area contributed by atoms with E-state index in [0.717, 1.165) is 0 Å². The van der Waals surface area contributed by atoms with Crippen LogP contribution in [0.25, 0.3) is 21.9 Å². The summed E-state index contributed by atoms with van der Waals surface area (Å²) in [4.78, 5) is 29.8. The van der Waals surface area contributed by atoms with Gasteiger partial charge in [-0.3, -0.25) is 9.59 Å². The summed E-state index contributed by atoms with van der Waals surface area (Å²) in [5, 5.41) is 8.86. The molecular formula is C18H22N4O5. The third-order valence-corrected chi connectivity index (χ3v) is 4.91. The zero-order chi connectivity index (χ0) is 19.8. The fraction of sp³-hybridized carbons (Fsp3) is 0.444. The quantitative estimate of drug-likeness (QED) is 0.700. The summed E-state index contributed by atoms with van der Waals surface area (Å²) >= 11 is 0. The molecule has 144 valence electrons. The predicted octanol–water partition coefficient (Wildman–Crippen LogP) is 1.77. The van der Waals surface area contributed by atoms with Crippen LogP contribution in [0.3, 0.4) is 0 Å². The molecule has 0 aliphatic rings. The van der Waals surface area contributed by atoms with Gasteiger partial charge in [-0.15, -0.1) is 10.2 Å². The van der Waals surface area contributed by atoms with Crippen LogP contribution in [-0.4, -0.2) is 41.3 Å². The first-order valence-corrected chi connectivity index (χ1v) is 8.59. The summed E-state index contributed by atoms with van der Waals surface area (Å²) < 4.78 is 16.1. The topological polar surface area (TPSA) is 108 Å². The maximum absolute atomic E-state index is 13.1. The van der Waals surface area contributed by atoms with Crippen molar-refractivity contribution in [1.82, 2.24) is 20.0 Å². The normalized spacial score (nSPS) is 11.9. The zero-order valence-corrected chi connectivity index (χ0v) is 16.0. The molecular weight excluding hydrogens is 352 g/mol. The molecule has 0 aliphatic heterocycles. The summed E-state index contributed by atoms with van der Waals surface area (Å²) in [7, 11) is 4.50. The highest BCUT2D eigenvalue weighted by atomic mass is 16.5. The highest BCUT2D eigenvalue weighted by molar-refractivity contribution is 5.88. The average Bonchev–Trinajstić information content (AvgIpc) is 3.11. The van der Waals surface area contributed by atoms with E-state index in [0.29, 0.717) is 29.9 Å². The van der Waals surface area contributed by atoms with E-state index in [4.69, 9.17) is 14.2 Å². The van der Waals surface area contributed by atoms with Gasteiger partial charge in [0.25, 0.3) is 5.56 Å². The van der Waals surface area contributed by atoms with Crippen molar-refractivity contribution in [3.05, 3.63) is 32.7 Å². The molecule has 0 amide bonds. The minimum atomic E-state index is -0.826. The first-order chi connectivity index (χ1) is 12.9. The standard InChI is InChI=1S/C18H22N4O5/c1-6-18(7-2,27-5)22-20-14-15(21-22)17(24)19-11-9-13(26-4)12(25-3)8-10(11)16(14)23/h8-9H,6-7H2,1-5H3,(H,19,24). The molecule has 9 nitrogen and oxygen atoms in total. The SMILES string of the molecule is CCC(CC)(OC)n1nc2c(=O)[nH]c3cc(OC)c(OC)cc3c(=O)c2n1. The Labute approximate surface area is 154 Å². The molecule has 27 heavy (non-hydrogen) atoms. The van der Waals surface area contributed by atoms with Crippen LogP contribution >= 0.6 is 0 Å². The third-order valence-electron chi connectivity index (χ3n) is 4.91. The minimum Gasteiger partial charge on any atom is -0.493 e. The summed E-state index contributed by atoms with van der Waals surface area (Å²) in [5.74, 6) is 0.778. The van der Waals surface area contributed by atoms with Crippen LogP contribution < -0.4 is 20.5 Å². The van der Waals surface area contributed by atoms with Crippen molar-refractivity contribution < 1.29 is 14.2 Å². The van der Waals surface area contributed by atoms with Gasteiger partial charge in [-0.25, -0.2) is 0 Å². The summed E-state index contributed by atoms with van der Waals surface area (Å²) in [6, 6.07) is 3.07. The number of fused-ring (bicyclic) bond motifs is 2. The van der Waals surface area contributed by atoms with Crippen molar-refractivity contribution in [2.45, 2.75) is 32.4 Å². The van der Waals surface area contributed by atoms with Crippen molar-refractivity contribution in [3.63, 3.8) is 0 Å². The highest BCUT2D eigenvalue weighted by Crippen LogP contribution is 2.30. The number of ether oxygens (including phenoxy) is 3. The fourth-order valence-corrected chi connectivity index (χ4v) is 3.18. The molecule has 2 heterocycles. The molecule has 2 aromatic heterocycles. The van der Waals surface area contributed by atoms with Gasteiger partial charge in [-0.05, 0) is 18.9 Å². The molecule has 9 heteroatoms. The molecule has 0 bridgehead atoms. The third kappa shape index (κ3) is 2.84. The van der Waals surface area contributed by atoms with Crippen LogP contribution in [0.15, 0.2) is 21.7 Å². The van der Waals surface area contributed by atoms with Gasteiger partial charge >= 0.3 is 0 Å². The molecule has 0 atom stereocenters. The number of nitrogens with zero attached hydrogens (tertiary/aromatic N) is 3. The summed E-state index contributed by atoms with van der Waals surface area (Å²) in [6.45, 7) is 3.85. The Hall–Kier alpha value is -2.94. The second kappa shape index (κ2) is 6.99. The van der Waals surface area contributed by atoms with E-state index in [1.807, 2.05) is 13.8 Å². The average molecular weight is 374 g/mol. The first-order valence-electron chi connectivity index (χ1n) is 8.59. The molecule has 1 aromatic carbocycles. The molecule has 0 radical (unpaired) electrons. The van der Waals surface area contributed by atoms with E-state index in [-0.39, 0.29) is 16.4 Å². The predicted molar refractivity (Wildman–Crippen MR) is 101 cm³/mol. The zero-order valence-electron chi connectivity index (χ0n) is 16.0. The smallest absolute Gasteiger partial charge is 0.278 e. The molecule has 0 aliphatic carbocycles. The number of aromatic nitrogens is 4. The Kier molecular flexibility index (Phi) is 4.88. The van der Waals surface area contributed by atoms with Gasteiger partial charge in [0.2, 0.25) is 5.43 Å². The maximum Gasteiger partial charge on any atom is 0.278 e. The molecule has 0 saturated carbocycles. The molecule has 0 saturated heterocycles. The number of methoxy groups -OCH3 is 3. The van der Waals surface area contributed by atoms with Gasteiger partial charge in [-0.1, -0.05) is 13.8 Å². The summed E-state index contributed by atoms with van der Waals surface area (Å²) in [5.41, 5.74) is -1.53.